The van der Waals surface area contributed by atoms with E-state index in [0.717, 1.165) is 49.6 Å². The molecule has 1 aromatic heterocycles. The van der Waals surface area contributed by atoms with Crippen molar-refractivity contribution in [2.24, 2.45) is 5.92 Å². The van der Waals surface area contributed by atoms with Gasteiger partial charge < -0.3 is 9.88 Å². The van der Waals surface area contributed by atoms with Gasteiger partial charge in [0.25, 0.3) is 0 Å². The number of hydrogen-bond acceptors (Lipinski definition) is 3. The summed E-state index contributed by atoms with van der Waals surface area (Å²) in [7, 11) is 0. The maximum atomic E-state index is 12.5. The second-order valence-corrected chi connectivity index (χ2v) is 6.57. The maximum Gasteiger partial charge on any atom is 0.230 e. The molecule has 0 aliphatic carbocycles. The zero-order valence-electron chi connectivity index (χ0n) is 13.8. The number of amides is 1. The molecule has 1 N–H and O–H groups in total. The molecule has 5 nitrogen and oxygen atoms in total. The van der Waals surface area contributed by atoms with E-state index in [-0.39, 0.29) is 11.8 Å². The summed E-state index contributed by atoms with van der Waals surface area (Å²) in [5.74, 6) is 2.16. The number of benzene rings is 1. The molecule has 0 saturated heterocycles. The Kier molecular flexibility index (Phi) is 4.74. The maximum absolute atomic E-state index is 12.5. The predicted molar refractivity (Wildman–Crippen MR) is 89.9 cm³/mol. The number of aromatic nitrogens is 3. The third kappa shape index (κ3) is 3.44. The van der Waals surface area contributed by atoms with Crippen LogP contribution in [0.2, 0.25) is 0 Å². The van der Waals surface area contributed by atoms with Crippen LogP contribution in [0.25, 0.3) is 11.4 Å². The Morgan fingerprint density at radius 2 is 2.09 bits per heavy atom. The Labute approximate surface area is 137 Å². The number of nitrogens with one attached hydrogen (secondary N) is 1. The number of carbonyl (C=O) groups is 1. The summed E-state index contributed by atoms with van der Waals surface area (Å²) in [4.78, 5) is 12.5. The van der Waals surface area contributed by atoms with Crippen LogP contribution in [0.15, 0.2) is 30.3 Å². The standard InChI is InChI=1S/C18H24N4O/c1-13(2)10-11-19-18(23)15-9-6-12-22-16(20-21-17(15)22)14-7-4-3-5-8-14/h3-5,7-8,13,15H,6,9-12H2,1-2H3,(H,19,23). The van der Waals surface area contributed by atoms with E-state index in [0.29, 0.717) is 5.92 Å². The van der Waals surface area contributed by atoms with Crippen molar-refractivity contribution in [3.05, 3.63) is 36.2 Å². The summed E-state index contributed by atoms with van der Waals surface area (Å²) in [6.45, 7) is 5.93. The van der Waals surface area contributed by atoms with E-state index in [9.17, 15) is 4.79 Å². The fourth-order valence-electron chi connectivity index (χ4n) is 3.03. The second kappa shape index (κ2) is 6.94. The minimum Gasteiger partial charge on any atom is -0.355 e. The van der Waals surface area contributed by atoms with Crippen molar-refractivity contribution >= 4 is 5.91 Å². The van der Waals surface area contributed by atoms with Crippen LogP contribution in [-0.4, -0.2) is 27.2 Å². The molecule has 23 heavy (non-hydrogen) atoms. The van der Waals surface area contributed by atoms with E-state index in [1.54, 1.807) is 0 Å². The van der Waals surface area contributed by atoms with E-state index in [4.69, 9.17) is 0 Å². The van der Waals surface area contributed by atoms with Crippen LogP contribution < -0.4 is 5.32 Å². The molecule has 1 aliphatic heterocycles. The molecule has 1 aromatic carbocycles. The van der Waals surface area contributed by atoms with E-state index in [2.05, 4.69) is 33.9 Å². The van der Waals surface area contributed by atoms with Crippen LogP contribution in [0.3, 0.4) is 0 Å². The number of rotatable bonds is 5. The lowest BCUT2D eigenvalue weighted by molar-refractivity contribution is -0.123. The first kappa shape index (κ1) is 15.7. The molecule has 1 amide bonds. The monoisotopic (exact) mass is 312 g/mol. The fraction of sp³-hybridized carbons (Fsp3) is 0.500. The van der Waals surface area contributed by atoms with E-state index < -0.39 is 0 Å². The van der Waals surface area contributed by atoms with Crippen molar-refractivity contribution in [3.8, 4) is 11.4 Å². The first-order valence-corrected chi connectivity index (χ1v) is 8.43. The quantitative estimate of drug-likeness (QED) is 0.923. The van der Waals surface area contributed by atoms with E-state index in [1.165, 1.54) is 0 Å². The summed E-state index contributed by atoms with van der Waals surface area (Å²) in [5.41, 5.74) is 1.05. The molecule has 1 unspecified atom stereocenters. The van der Waals surface area contributed by atoms with Crippen LogP contribution in [0.1, 0.15) is 44.9 Å². The van der Waals surface area contributed by atoms with Gasteiger partial charge >= 0.3 is 0 Å². The highest BCUT2D eigenvalue weighted by molar-refractivity contribution is 5.83. The predicted octanol–water partition coefficient (Wildman–Crippen LogP) is 2.98. The zero-order valence-corrected chi connectivity index (χ0v) is 13.8. The van der Waals surface area contributed by atoms with Crippen molar-refractivity contribution in [3.63, 3.8) is 0 Å². The van der Waals surface area contributed by atoms with Gasteiger partial charge in [0.05, 0.1) is 5.92 Å². The smallest absolute Gasteiger partial charge is 0.230 e. The zero-order chi connectivity index (χ0) is 16.2. The van der Waals surface area contributed by atoms with Gasteiger partial charge in [-0.15, -0.1) is 10.2 Å². The molecule has 0 spiro atoms. The highest BCUT2D eigenvalue weighted by Crippen LogP contribution is 2.30. The van der Waals surface area contributed by atoms with Crippen LogP contribution in [0.5, 0.6) is 0 Å². The fourth-order valence-corrected chi connectivity index (χ4v) is 3.03. The molecule has 3 rings (SSSR count). The summed E-state index contributed by atoms with van der Waals surface area (Å²) in [6.07, 6.45) is 2.83. The molecular weight excluding hydrogens is 288 g/mol. The van der Waals surface area contributed by atoms with Gasteiger partial charge in [0, 0.05) is 18.7 Å². The largest absolute Gasteiger partial charge is 0.355 e. The van der Waals surface area contributed by atoms with Gasteiger partial charge in [0.1, 0.15) is 5.82 Å². The van der Waals surface area contributed by atoms with Gasteiger partial charge in [0.2, 0.25) is 5.91 Å². The number of fused-ring (bicyclic) bond motifs is 1. The molecule has 2 aromatic rings. The Balaban J connectivity index is 1.78. The Morgan fingerprint density at radius 1 is 1.30 bits per heavy atom. The molecule has 5 heteroatoms. The lowest BCUT2D eigenvalue weighted by atomic mass is 9.97. The van der Waals surface area contributed by atoms with Gasteiger partial charge in [-0.1, -0.05) is 44.2 Å². The van der Waals surface area contributed by atoms with Crippen molar-refractivity contribution in [2.45, 2.75) is 45.6 Å². The third-order valence-corrected chi connectivity index (χ3v) is 4.33. The second-order valence-electron chi connectivity index (χ2n) is 6.57. The van der Waals surface area contributed by atoms with E-state index in [1.807, 2.05) is 30.3 Å². The van der Waals surface area contributed by atoms with Crippen molar-refractivity contribution < 1.29 is 4.79 Å². The first-order chi connectivity index (χ1) is 11.2. The molecule has 1 aliphatic rings. The normalized spacial score (nSPS) is 17.1. The van der Waals surface area contributed by atoms with Gasteiger partial charge in [-0.3, -0.25) is 4.79 Å². The molecule has 2 heterocycles. The van der Waals surface area contributed by atoms with Gasteiger partial charge in [0.15, 0.2) is 5.82 Å². The molecule has 0 saturated carbocycles. The summed E-state index contributed by atoms with van der Waals surface area (Å²) in [6, 6.07) is 10.0. The molecular formula is C18H24N4O. The highest BCUT2D eigenvalue weighted by atomic mass is 16.1. The van der Waals surface area contributed by atoms with Crippen molar-refractivity contribution in [2.75, 3.05) is 6.54 Å². The minimum atomic E-state index is -0.180. The minimum absolute atomic E-state index is 0.0820. The van der Waals surface area contributed by atoms with Crippen LogP contribution in [-0.2, 0) is 11.3 Å². The van der Waals surface area contributed by atoms with E-state index >= 15 is 0 Å². The Hall–Kier alpha value is -2.17. The van der Waals surface area contributed by atoms with Gasteiger partial charge in [-0.2, -0.15) is 0 Å². The summed E-state index contributed by atoms with van der Waals surface area (Å²) < 4.78 is 2.10. The first-order valence-electron chi connectivity index (χ1n) is 8.43. The number of carbonyl (C=O) groups excluding carboxylic acids is 1. The molecule has 1 atom stereocenters. The van der Waals surface area contributed by atoms with Crippen LogP contribution >= 0.6 is 0 Å². The SMILES string of the molecule is CC(C)CCNC(=O)C1CCCn2c(-c3ccccc3)nnc21. The molecule has 0 fully saturated rings. The number of nitrogens with zero attached hydrogens (tertiary/aromatic N) is 3. The van der Waals surface area contributed by atoms with Gasteiger partial charge in [-0.05, 0) is 25.2 Å². The van der Waals surface area contributed by atoms with Crippen molar-refractivity contribution in [1.82, 2.24) is 20.1 Å². The highest BCUT2D eigenvalue weighted by Gasteiger charge is 2.30. The summed E-state index contributed by atoms with van der Waals surface area (Å²) in [5, 5.41) is 11.7. The lowest BCUT2D eigenvalue weighted by Crippen LogP contribution is -2.34. The van der Waals surface area contributed by atoms with Crippen LogP contribution in [0.4, 0.5) is 0 Å². The average molecular weight is 312 g/mol. The number of hydrogen-bond donors (Lipinski definition) is 1. The summed E-state index contributed by atoms with van der Waals surface area (Å²) >= 11 is 0. The topological polar surface area (TPSA) is 59.8 Å². The van der Waals surface area contributed by atoms with Gasteiger partial charge in [-0.25, -0.2) is 0 Å². The lowest BCUT2D eigenvalue weighted by Gasteiger charge is -2.23. The van der Waals surface area contributed by atoms with Crippen LogP contribution in [0, 0.1) is 5.92 Å². The molecule has 0 radical (unpaired) electrons. The Bertz CT molecular complexity index is 663. The Morgan fingerprint density at radius 3 is 2.83 bits per heavy atom. The third-order valence-electron chi connectivity index (χ3n) is 4.33. The molecule has 0 bridgehead atoms. The average Bonchev–Trinajstić information content (AvgIpc) is 2.99. The molecule has 122 valence electrons. The van der Waals surface area contributed by atoms with Crippen molar-refractivity contribution in [1.29, 1.82) is 0 Å².